The van der Waals surface area contributed by atoms with Crippen LogP contribution >= 0.6 is 0 Å². The molecule has 4 nitrogen and oxygen atoms in total. The van der Waals surface area contributed by atoms with Crippen LogP contribution in [-0.2, 0) is 4.74 Å². The van der Waals surface area contributed by atoms with Crippen LogP contribution in [0.5, 0.6) is 0 Å². The molecular weight excluding hydrogens is 182 g/mol. The Bertz CT molecular complexity index is 365. The number of nitrogens with zero attached hydrogens (tertiary/aromatic N) is 1. The normalized spacial score (nSPS) is 19.9. The number of epoxide rings is 1. The van der Waals surface area contributed by atoms with Gasteiger partial charge in [-0.3, -0.25) is 4.99 Å². The molecule has 0 saturated carbocycles. The lowest BCUT2D eigenvalue weighted by Gasteiger charge is -1.94. The van der Waals surface area contributed by atoms with Crippen molar-refractivity contribution in [2.24, 2.45) is 4.99 Å². The molecule has 1 atom stereocenters. The smallest absolute Gasteiger partial charge is 0.335 e. The Morgan fingerprint density at radius 3 is 2.64 bits per heavy atom. The van der Waals surface area contributed by atoms with Crippen molar-refractivity contribution in [2.45, 2.75) is 6.10 Å². The van der Waals surface area contributed by atoms with Crippen molar-refractivity contribution in [3.8, 4) is 0 Å². The zero-order valence-corrected chi connectivity index (χ0v) is 7.38. The van der Waals surface area contributed by atoms with Crippen LogP contribution < -0.4 is 0 Å². The molecule has 0 amide bonds. The molecule has 1 saturated heterocycles. The molecule has 0 aromatic heterocycles. The molecule has 1 unspecified atom stereocenters. The van der Waals surface area contributed by atoms with Gasteiger partial charge in [-0.05, 0) is 24.3 Å². The second kappa shape index (κ2) is 3.59. The fourth-order valence-electron chi connectivity index (χ4n) is 1.00. The zero-order valence-electron chi connectivity index (χ0n) is 7.38. The Morgan fingerprint density at radius 2 is 2.14 bits per heavy atom. The first-order chi connectivity index (χ1) is 6.75. The van der Waals surface area contributed by atoms with Crippen LogP contribution in [-0.4, -0.2) is 30.0 Å². The summed E-state index contributed by atoms with van der Waals surface area (Å²) in [6, 6.07) is 6.40. The van der Waals surface area contributed by atoms with Crippen molar-refractivity contribution in [3.05, 3.63) is 29.8 Å². The minimum atomic E-state index is -0.925. The highest BCUT2D eigenvalue weighted by Crippen LogP contribution is 2.14. The summed E-state index contributed by atoms with van der Waals surface area (Å²) in [5.74, 6) is -0.925. The minimum Gasteiger partial charge on any atom is -0.478 e. The molecule has 1 aromatic carbocycles. The number of carboxylic acid groups (broad SMARTS) is 1. The first kappa shape index (κ1) is 8.90. The molecule has 1 aliphatic heterocycles. The topological polar surface area (TPSA) is 62.2 Å². The summed E-state index contributed by atoms with van der Waals surface area (Å²) in [5.41, 5.74) is 1.01. The van der Waals surface area contributed by atoms with Gasteiger partial charge in [-0.25, -0.2) is 4.79 Å². The van der Waals surface area contributed by atoms with E-state index in [0.717, 1.165) is 12.3 Å². The maximum absolute atomic E-state index is 10.5. The summed E-state index contributed by atoms with van der Waals surface area (Å²) in [5, 5.41) is 8.65. The second-order valence-corrected chi connectivity index (χ2v) is 3.00. The predicted octanol–water partition coefficient (Wildman–Crippen LogP) is 1.49. The third-order valence-electron chi connectivity index (χ3n) is 1.86. The standard InChI is InChI=1S/C10H9NO3/c12-10(13)7-1-3-8(4-2-7)11-5-9-6-14-9/h1-5,9H,6H2,(H,12,13). The highest BCUT2D eigenvalue weighted by atomic mass is 16.6. The lowest BCUT2D eigenvalue weighted by Crippen LogP contribution is -1.94. The third-order valence-corrected chi connectivity index (χ3v) is 1.86. The zero-order chi connectivity index (χ0) is 9.97. The van der Waals surface area contributed by atoms with Crippen molar-refractivity contribution >= 4 is 17.9 Å². The highest BCUT2D eigenvalue weighted by Gasteiger charge is 2.19. The van der Waals surface area contributed by atoms with Gasteiger partial charge >= 0.3 is 5.97 Å². The van der Waals surface area contributed by atoms with E-state index < -0.39 is 5.97 Å². The number of aromatic carboxylic acids is 1. The van der Waals surface area contributed by atoms with Gasteiger partial charge in [0, 0.05) is 6.21 Å². The number of aliphatic imine (C=N–C) groups is 1. The number of ether oxygens (including phenoxy) is 1. The molecule has 1 heterocycles. The fourth-order valence-corrected chi connectivity index (χ4v) is 1.00. The van der Waals surface area contributed by atoms with E-state index in [0.29, 0.717) is 0 Å². The average Bonchev–Trinajstić information content (AvgIpc) is 2.99. The molecule has 2 rings (SSSR count). The van der Waals surface area contributed by atoms with E-state index in [2.05, 4.69) is 4.99 Å². The van der Waals surface area contributed by atoms with Crippen molar-refractivity contribution in [2.75, 3.05) is 6.61 Å². The van der Waals surface area contributed by atoms with Crippen molar-refractivity contribution in [1.29, 1.82) is 0 Å². The average molecular weight is 191 g/mol. The molecular formula is C10H9NO3. The van der Waals surface area contributed by atoms with Crippen LogP contribution in [0.3, 0.4) is 0 Å². The van der Waals surface area contributed by atoms with Gasteiger partial charge in [0.15, 0.2) is 0 Å². The molecule has 0 spiro atoms. The van der Waals surface area contributed by atoms with Gasteiger partial charge in [-0.15, -0.1) is 0 Å². The van der Waals surface area contributed by atoms with E-state index in [1.54, 1.807) is 18.3 Å². The van der Waals surface area contributed by atoms with Crippen LogP contribution in [0.25, 0.3) is 0 Å². The molecule has 0 aliphatic carbocycles. The van der Waals surface area contributed by atoms with Gasteiger partial charge in [-0.1, -0.05) is 0 Å². The summed E-state index contributed by atoms with van der Waals surface area (Å²) < 4.78 is 4.95. The summed E-state index contributed by atoms with van der Waals surface area (Å²) in [6.07, 6.45) is 1.87. The van der Waals surface area contributed by atoms with Crippen LogP contribution in [0.15, 0.2) is 29.3 Å². The Balaban J connectivity index is 2.08. The predicted molar refractivity (Wildman–Crippen MR) is 51.3 cm³/mol. The Hall–Kier alpha value is -1.68. The van der Waals surface area contributed by atoms with E-state index in [9.17, 15) is 4.79 Å². The highest BCUT2D eigenvalue weighted by molar-refractivity contribution is 5.88. The van der Waals surface area contributed by atoms with Gasteiger partial charge in [0.25, 0.3) is 0 Å². The number of benzene rings is 1. The van der Waals surface area contributed by atoms with Crippen LogP contribution in [0.1, 0.15) is 10.4 Å². The van der Waals surface area contributed by atoms with Crippen molar-refractivity contribution in [3.63, 3.8) is 0 Å². The summed E-state index contributed by atoms with van der Waals surface area (Å²) in [6.45, 7) is 0.733. The number of hydrogen-bond donors (Lipinski definition) is 1. The van der Waals surface area contributed by atoms with Gasteiger partial charge < -0.3 is 9.84 Å². The van der Waals surface area contributed by atoms with Crippen molar-refractivity contribution in [1.82, 2.24) is 0 Å². The van der Waals surface area contributed by atoms with E-state index in [4.69, 9.17) is 9.84 Å². The molecule has 1 N–H and O–H groups in total. The Kier molecular flexibility index (Phi) is 2.28. The molecule has 0 bridgehead atoms. The molecule has 1 aromatic rings. The van der Waals surface area contributed by atoms with Crippen LogP contribution in [0.2, 0.25) is 0 Å². The third kappa shape index (κ3) is 2.17. The molecule has 72 valence electrons. The van der Waals surface area contributed by atoms with Gasteiger partial charge in [-0.2, -0.15) is 0 Å². The maximum Gasteiger partial charge on any atom is 0.335 e. The SMILES string of the molecule is O=C(O)c1ccc(N=CC2CO2)cc1. The maximum atomic E-state index is 10.5. The molecule has 14 heavy (non-hydrogen) atoms. The fraction of sp³-hybridized carbons (Fsp3) is 0.200. The number of rotatable bonds is 3. The van der Waals surface area contributed by atoms with Crippen molar-refractivity contribution < 1.29 is 14.6 Å². The molecule has 1 fully saturated rings. The first-order valence-corrected chi connectivity index (χ1v) is 4.25. The van der Waals surface area contributed by atoms with E-state index in [1.807, 2.05) is 0 Å². The first-order valence-electron chi connectivity index (χ1n) is 4.25. The van der Waals surface area contributed by atoms with Crippen LogP contribution in [0, 0.1) is 0 Å². The summed E-state index contributed by atoms with van der Waals surface area (Å²) in [4.78, 5) is 14.7. The number of carbonyl (C=O) groups is 1. The van der Waals surface area contributed by atoms with Crippen LogP contribution in [0.4, 0.5) is 5.69 Å². The minimum absolute atomic E-state index is 0.147. The van der Waals surface area contributed by atoms with E-state index >= 15 is 0 Å². The van der Waals surface area contributed by atoms with Gasteiger partial charge in [0.1, 0.15) is 6.10 Å². The number of hydrogen-bond acceptors (Lipinski definition) is 3. The number of carboxylic acids is 1. The largest absolute Gasteiger partial charge is 0.478 e. The molecule has 1 aliphatic rings. The summed E-state index contributed by atoms with van der Waals surface area (Å²) in [7, 11) is 0. The summed E-state index contributed by atoms with van der Waals surface area (Å²) >= 11 is 0. The van der Waals surface area contributed by atoms with E-state index in [-0.39, 0.29) is 11.7 Å². The Labute approximate surface area is 80.8 Å². The quantitative estimate of drug-likeness (QED) is 0.581. The lowest BCUT2D eigenvalue weighted by atomic mass is 10.2. The molecule has 0 radical (unpaired) electrons. The lowest BCUT2D eigenvalue weighted by molar-refractivity contribution is 0.0697. The Morgan fingerprint density at radius 1 is 1.50 bits per heavy atom. The monoisotopic (exact) mass is 191 g/mol. The van der Waals surface area contributed by atoms with E-state index in [1.165, 1.54) is 12.1 Å². The molecule has 4 heteroatoms. The van der Waals surface area contributed by atoms with Gasteiger partial charge in [0.05, 0.1) is 17.9 Å². The second-order valence-electron chi connectivity index (χ2n) is 3.00. The van der Waals surface area contributed by atoms with Gasteiger partial charge in [0.2, 0.25) is 0 Å².